The fourth-order valence-electron chi connectivity index (χ4n) is 2.58. The molecule has 21 heavy (non-hydrogen) atoms. The highest BCUT2D eigenvalue weighted by molar-refractivity contribution is 8.00. The summed E-state index contributed by atoms with van der Waals surface area (Å²) in [6, 6.07) is 3.32. The van der Waals surface area contributed by atoms with Crippen LogP contribution in [0.3, 0.4) is 0 Å². The number of fused-ring (bicyclic) bond motifs is 1. The smallest absolute Gasteiger partial charge is 0.209 e. The van der Waals surface area contributed by atoms with Crippen LogP contribution in [-0.2, 0) is 0 Å². The highest BCUT2D eigenvalue weighted by atomic mass is 32.2. The van der Waals surface area contributed by atoms with Gasteiger partial charge in [0.05, 0.1) is 6.04 Å². The van der Waals surface area contributed by atoms with E-state index < -0.39 is 23.8 Å². The summed E-state index contributed by atoms with van der Waals surface area (Å²) in [6.07, 6.45) is 0.994. The molecule has 1 aromatic carbocycles. The van der Waals surface area contributed by atoms with Crippen molar-refractivity contribution >= 4 is 11.8 Å². The van der Waals surface area contributed by atoms with Gasteiger partial charge in [-0.3, -0.25) is 0 Å². The summed E-state index contributed by atoms with van der Waals surface area (Å²) in [5.41, 5.74) is 0.129. The summed E-state index contributed by atoms with van der Waals surface area (Å²) >= 11 is 1.52. The van der Waals surface area contributed by atoms with Gasteiger partial charge in [0.25, 0.3) is 0 Å². The Hall–Kier alpha value is -1.50. The Balaban J connectivity index is 1.72. The first-order chi connectivity index (χ1) is 10.1. The van der Waals surface area contributed by atoms with Gasteiger partial charge in [-0.1, -0.05) is 23.9 Å². The van der Waals surface area contributed by atoms with Gasteiger partial charge in [-0.25, -0.2) is 22.8 Å². The second-order valence-corrected chi connectivity index (χ2v) is 6.64. The van der Waals surface area contributed by atoms with E-state index in [1.807, 2.05) is 0 Å². The number of rotatable bonds is 3. The molecule has 1 aliphatic carbocycles. The third kappa shape index (κ3) is 2.23. The van der Waals surface area contributed by atoms with Gasteiger partial charge in [0.2, 0.25) is 5.16 Å². The van der Waals surface area contributed by atoms with Gasteiger partial charge < -0.3 is 0 Å². The summed E-state index contributed by atoms with van der Waals surface area (Å²) in [4.78, 5) is 4.20. The van der Waals surface area contributed by atoms with Crippen molar-refractivity contribution in [2.75, 3.05) is 0 Å². The first kappa shape index (κ1) is 13.2. The molecule has 1 aliphatic heterocycles. The van der Waals surface area contributed by atoms with Crippen LogP contribution >= 0.6 is 11.8 Å². The fraction of sp³-hybridized carbons (Fsp3) is 0.429. The molecular weight excluding hydrogens is 299 g/mol. The Morgan fingerprint density at radius 1 is 1.24 bits per heavy atom. The SMILES string of the molecule is Fc1cccc(C2CC(F)c3nc(SC4CC4)nn32)c1F. The van der Waals surface area contributed by atoms with E-state index in [9.17, 15) is 13.2 Å². The molecule has 0 saturated heterocycles. The molecular formula is C14H12F3N3S. The lowest BCUT2D eigenvalue weighted by atomic mass is 10.0. The molecule has 0 bridgehead atoms. The topological polar surface area (TPSA) is 30.7 Å². The standard InChI is InChI=1S/C14H12F3N3S/c15-9-3-1-2-8(12(9)17)11-6-10(16)13-18-14(19-20(11)13)21-7-4-5-7/h1-3,7,10-11H,4-6H2. The Kier molecular flexibility index (Phi) is 2.99. The monoisotopic (exact) mass is 311 g/mol. The number of benzene rings is 1. The van der Waals surface area contributed by atoms with Crippen LogP contribution in [0.25, 0.3) is 0 Å². The zero-order valence-electron chi connectivity index (χ0n) is 11.0. The van der Waals surface area contributed by atoms with Gasteiger partial charge in [0.15, 0.2) is 23.6 Å². The van der Waals surface area contributed by atoms with E-state index in [4.69, 9.17) is 0 Å². The van der Waals surface area contributed by atoms with E-state index in [1.54, 1.807) is 0 Å². The third-order valence-corrected chi connectivity index (χ3v) is 4.97. The molecule has 2 aliphatic rings. The second-order valence-electron chi connectivity index (χ2n) is 5.38. The number of alkyl halides is 1. The molecule has 7 heteroatoms. The van der Waals surface area contributed by atoms with Crippen molar-refractivity contribution in [3.63, 3.8) is 0 Å². The van der Waals surface area contributed by atoms with Crippen molar-refractivity contribution in [1.29, 1.82) is 0 Å². The van der Waals surface area contributed by atoms with Gasteiger partial charge >= 0.3 is 0 Å². The maximum absolute atomic E-state index is 14.1. The van der Waals surface area contributed by atoms with Crippen molar-refractivity contribution in [2.45, 2.75) is 41.9 Å². The molecule has 0 spiro atoms. The molecule has 0 N–H and O–H groups in total. The largest absolute Gasteiger partial charge is 0.239 e. The van der Waals surface area contributed by atoms with Crippen LogP contribution in [0.4, 0.5) is 13.2 Å². The predicted octanol–water partition coefficient (Wildman–Crippen LogP) is 3.81. The molecule has 1 fully saturated rings. The fourth-order valence-corrected chi connectivity index (χ4v) is 3.53. The number of aromatic nitrogens is 3. The number of hydrogen-bond acceptors (Lipinski definition) is 3. The van der Waals surface area contributed by atoms with E-state index >= 15 is 0 Å². The van der Waals surface area contributed by atoms with Crippen molar-refractivity contribution in [3.05, 3.63) is 41.2 Å². The van der Waals surface area contributed by atoms with Crippen molar-refractivity contribution in [2.24, 2.45) is 0 Å². The van der Waals surface area contributed by atoms with Gasteiger partial charge in [-0.15, -0.1) is 5.10 Å². The molecule has 2 aromatic rings. The molecule has 2 heterocycles. The van der Waals surface area contributed by atoms with Crippen molar-refractivity contribution < 1.29 is 13.2 Å². The van der Waals surface area contributed by atoms with Crippen LogP contribution in [0.5, 0.6) is 0 Å². The lowest BCUT2D eigenvalue weighted by Gasteiger charge is -2.12. The Bertz CT molecular complexity index is 699. The molecule has 0 radical (unpaired) electrons. The minimum Gasteiger partial charge on any atom is -0.239 e. The molecule has 2 atom stereocenters. The number of hydrogen-bond donors (Lipinski definition) is 0. The average Bonchev–Trinajstić information content (AvgIpc) is 3.08. The molecule has 1 aromatic heterocycles. The molecule has 2 unspecified atom stereocenters. The minimum atomic E-state index is -1.29. The van der Waals surface area contributed by atoms with Crippen LogP contribution in [0.1, 0.15) is 42.9 Å². The van der Waals surface area contributed by atoms with Crippen LogP contribution < -0.4 is 0 Å². The summed E-state index contributed by atoms with van der Waals surface area (Å²) < 4.78 is 42.8. The molecule has 3 nitrogen and oxygen atoms in total. The van der Waals surface area contributed by atoms with Crippen LogP contribution in [0.15, 0.2) is 23.4 Å². The van der Waals surface area contributed by atoms with Crippen LogP contribution in [0, 0.1) is 11.6 Å². The second kappa shape index (κ2) is 4.76. The lowest BCUT2D eigenvalue weighted by Crippen LogP contribution is -2.10. The van der Waals surface area contributed by atoms with E-state index in [-0.39, 0.29) is 17.8 Å². The summed E-state index contributed by atoms with van der Waals surface area (Å²) in [6.45, 7) is 0. The van der Waals surface area contributed by atoms with Crippen molar-refractivity contribution in [1.82, 2.24) is 14.8 Å². The Morgan fingerprint density at radius 2 is 2.05 bits per heavy atom. The van der Waals surface area contributed by atoms with E-state index in [0.29, 0.717) is 10.4 Å². The molecule has 110 valence electrons. The van der Waals surface area contributed by atoms with Crippen molar-refractivity contribution in [3.8, 4) is 0 Å². The van der Waals surface area contributed by atoms with Crippen LogP contribution in [-0.4, -0.2) is 20.0 Å². The molecule has 4 rings (SSSR count). The number of halogens is 3. The number of nitrogens with zero attached hydrogens (tertiary/aromatic N) is 3. The van der Waals surface area contributed by atoms with Gasteiger partial charge in [-0.05, 0) is 18.9 Å². The number of thioether (sulfide) groups is 1. The predicted molar refractivity (Wildman–Crippen MR) is 71.9 cm³/mol. The first-order valence-corrected chi connectivity index (χ1v) is 7.72. The quantitative estimate of drug-likeness (QED) is 0.863. The van der Waals surface area contributed by atoms with Gasteiger partial charge in [0.1, 0.15) is 0 Å². The van der Waals surface area contributed by atoms with Crippen LogP contribution in [0.2, 0.25) is 0 Å². The zero-order chi connectivity index (χ0) is 14.6. The third-order valence-electron chi connectivity index (χ3n) is 3.78. The van der Waals surface area contributed by atoms with E-state index in [0.717, 1.165) is 18.9 Å². The highest BCUT2D eigenvalue weighted by Crippen LogP contribution is 2.43. The van der Waals surface area contributed by atoms with Gasteiger partial charge in [0, 0.05) is 17.2 Å². The Morgan fingerprint density at radius 3 is 2.81 bits per heavy atom. The first-order valence-electron chi connectivity index (χ1n) is 6.84. The summed E-state index contributed by atoms with van der Waals surface area (Å²) in [7, 11) is 0. The molecule has 1 saturated carbocycles. The maximum Gasteiger partial charge on any atom is 0.209 e. The lowest BCUT2D eigenvalue weighted by molar-refractivity contribution is 0.324. The van der Waals surface area contributed by atoms with E-state index in [2.05, 4.69) is 10.1 Å². The summed E-state index contributed by atoms with van der Waals surface area (Å²) in [5, 5.41) is 5.32. The zero-order valence-corrected chi connectivity index (χ0v) is 11.8. The van der Waals surface area contributed by atoms with Gasteiger partial charge in [-0.2, -0.15) is 0 Å². The highest BCUT2D eigenvalue weighted by Gasteiger charge is 2.38. The Labute approximate surface area is 123 Å². The maximum atomic E-state index is 14.1. The molecule has 0 amide bonds. The minimum absolute atomic E-state index is 0.0457. The summed E-state index contributed by atoms with van der Waals surface area (Å²) in [5.74, 6) is -1.65. The van der Waals surface area contributed by atoms with E-state index in [1.165, 1.54) is 28.6 Å². The average molecular weight is 311 g/mol. The normalized spacial score (nSPS) is 24.3.